The molecule has 104 valence electrons. The van der Waals surface area contributed by atoms with Crippen molar-refractivity contribution in [3.8, 4) is 0 Å². The van der Waals surface area contributed by atoms with Crippen LogP contribution in [0.25, 0.3) is 25.7 Å². The molecule has 3 aromatic rings. The molecule has 0 saturated carbocycles. The van der Waals surface area contributed by atoms with Gasteiger partial charge in [-0.2, -0.15) is 4.79 Å². The van der Waals surface area contributed by atoms with Crippen molar-refractivity contribution in [3.63, 3.8) is 0 Å². The number of carbonyl (C=O) groups excluding carboxylic acids is 1. The minimum absolute atomic E-state index is 0.300. The highest BCUT2D eigenvalue weighted by molar-refractivity contribution is 7.25. The Labute approximate surface area is 125 Å². The average molecular weight is 295 g/mol. The molecule has 1 heterocycles. The van der Waals surface area contributed by atoms with Gasteiger partial charge in [0.1, 0.15) is 0 Å². The summed E-state index contributed by atoms with van der Waals surface area (Å²) in [6, 6.07) is 11.9. The van der Waals surface area contributed by atoms with Crippen LogP contribution in [0.3, 0.4) is 0 Å². The molecule has 0 aliphatic heterocycles. The molecule has 2 aromatic carbocycles. The van der Waals surface area contributed by atoms with E-state index in [0.29, 0.717) is 5.56 Å². The summed E-state index contributed by atoms with van der Waals surface area (Å²) in [6.07, 6.45) is 0.915. The zero-order chi connectivity index (χ0) is 15.0. The summed E-state index contributed by atoms with van der Waals surface area (Å²) in [5.41, 5.74) is 10.1. The van der Waals surface area contributed by atoms with E-state index in [1.165, 1.54) is 10.1 Å². The van der Waals surface area contributed by atoms with Crippen LogP contribution in [0.5, 0.6) is 0 Å². The third-order valence-corrected chi connectivity index (χ3v) is 4.55. The lowest BCUT2D eigenvalue weighted by atomic mass is 10.1. The second-order valence-electron chi connectivity index (χ2n) is 5.00. The molecule has 0 N–H and O–H groups in total. The molecule has 0 bridgehead atoms. The third kappa shape index (κ3) is 2.33. The Morgan fingerprint density at radius 2 is 1.81 bits per heavy atom. The van der Waals surface area contributed by atoms with Crippen LogP contribution in [0.1, 0.15) is 10.4 Å². The first-order chi connectivity index (χ1) is 10.1. The van der Waals surface area contributed by atoms with Crippen LogP contribution in [-0.4, -0.2) is 30.9 Å². The van der Waals surface area contributed by atoms with E-state index in [4.69, 9.17) is 5.53 Å². The quantitative estimate of drug-likeness (QED) is 0.321. The molecule has 0 amide bonds. The number of hydrogen-bond donors (Lipinski definition) is 0. The van der Waals surface area contributed by atoms with Crippen molar-refractivity contribution >= 4 is 49.2 Å². The largest absolute Gasteiger partial charge is 0.378 e. The van der Waals surface area contributed by atoms with E-state index in [-0.39, 0.29) is 5.78 Å². The maximum atomic E-state index is 11.7. The van der Waals surface area contributed by atoms with Crippen LogP contribution >= 0.6 is 11.3 Å². The van der Waals surface area contributed by atoms with Gasteiger partial charge in [-0.25, -0.2) is 0 Å². The summed E-state index contributed by atoms with van der Waals surface area (Å²) in [5.74, 6) is -0.300. The summed E-state index contributed by atoms with van der Waals surface area (Å²) < 4.78 is 2.25. The zero-order valence-electron chi connectivity index (χ0n) is 11.7. The first-order valence-electron chi connectivity index (χ1n) is 6.45. The van der Waals surface area contributed by atoms with Crippen LogP contribution in [0.2, 0.25) is 0 Å². The number of Topliss-reactive ketones (excluding diaryl/α,β-unsaturated/α-hetero) is 1. The van der Waals surface area contributed by atoms with E-state index >= 15 is 0 Å². The van der Waals surface area contributed by atoms with Crippen molar-refractivity contribution in [3.05, 3.63) is 47.5 Å². The molecule has 0 spiro atoms. The Morgan fingerprint density at radius 3 is 2.48 bits per heavy atom. The fourth-order valence-corrected chi connectivity index (χ4v) is 3.50. The van der Waals surface area contributed by atoms with Gasteiger partial charge in [-0.1, -0.05) is 18.2 Å². The molecule has 0 fully saturated rings. The molecule has 5 heteroatoms. The van der Waals surface area contributed by atoms with Crippen LogP contribution in [-0.2, 0) is 0 Å². The number of fused-ring (bicyclic) bond motifs is 3. The molecule has 3 rings (SSSR count). The van der Waals surface area contributed by atoms with Crippen molar-refractivity contribution in [1.82, 2.24) is 0 Å². The van der Waals surface area contributed by atoms with Gasteiger partial charge in [0.15, 0.2) is 0 Å². The van der Waals surface area contributed by atoms with Gasteiger partial charge in [0.25, 0.3) is 5.78 Å². The van der Waals surface area contributed by atoms with Gasteiger partial charge < -0.3 is 10.4 Å². The van der Waals surface area contributed by atoms with E-state index in [9.17, 15) is 4.79 Å². The third-order valence-electron chi connectivity index (χ3n) is 3.43. The zero-order valence-corrected chi connectivity index (χ0v) is 12.5. The normalized spacial score (nSPS) is 10.6. The maximum Gasteiger partial charge on any atom is 0.328 e. The molecule has 0 aliphatic carbocycles. The van der Waals surface area contributed by atoms with Gasteiger partial charge in [0, 0.05) is 45.5 Å². The predicted molar refractivity (Wildman–Crippen MR) is 87.7 cm³/mol. The first kappa shape index (κ1) is 13.5. The molecule has 21 heavy (non-hydrogen) atoms. The molecule has 4 nitrogen and oxygen atoms in total. The van der Waals surface area contributed by atoms with Crippen LogP contribution in [0.15, 0.2) is 36.4 Å². The van der Waals surface area contributed by atoms with Gasteiger partial charge in [0.05, 0.1) is 0 Å². The smallest absolute Gasteiger partial charge is 0.328 e. The molecular weight excluding hydrogens is 282 g/mol. The Balaban J connectivity index is 2.20. The number of thiophene rings is 1. The molecule has 0 unspecified atom stereocenters. The topological polar surface area (TPSA) is 56.7 Å². The van der Waals surface area contributed by atoms with Crippen LogP contribution < -0.4 is 4.90 Å². The summed E-state index contributed by atoms with van der Waals surface area (Å²) in [6.45, 7) is 0. The van der Waals surface area contributed by atoms with E-state index in [1.54, 1.807) is 17.4 Å². The van der Waals surface area contributed by atoms with E-state index in [1.807, 2.05) is 26.2 Å². The fourth-order valence-electron chi connectivity index (χ4n) is 2.32. The lowest BCUT2D eigenvalue weighted by molar-refractivity contribution is 0.00235. The molecule has 0 radical (unpaired) electrons. The molecule has 0 aliphatic rings. The number of carbonyl (C=O) groups is 1. The standard InChI is InChI=1S/C16H13N3OS/c1-19(2)11-4-6-13-12-5-3-10(14(20)9-18-17)7-15(12)21-16(13)8-11/h3-9H,1-2H3. The number of rotatable bonds is 3. The highest BCUT2D eigenvalue weighted by Gasteiger charge is 2.11. The summed E-state index contributed by atoms with van der Waals surface area (Å²) in [7, 11) is 4.03. The maximum absolute atomic E-state index is 11.7. The van der Waals surface area contributed by atoms with Gasteiger partial charge in [0.2, 0.25) is 0 Å². The predicted octanol–water partition coefficient (Wildman–Crippen LogP) is 3.60. The van der Waals surface area contributed by atoms with Crippen molar-refractivity contribution in [1.29, 1.82) is 0 Å². The Kier molecular flexibility index (Phi) is 3.29. The Bertz CT molecular complexity index is 904. The number of anilines is 1. The van der Waals surface area contributed by atoms with E-state index in [2.05, 4.69) is 27.9 Å². The van der Waals surface area contributed by atoms with Crippen molar-refractivity contribution in [2.45, 2.75) is 0 Å². The molecule has 0 atom stereocenters. The molecule has 0 saturated heterocycles. The number of ketones is 1. The first-order valence-corrected chi connectivity index (χ1v) is 7.27. The van der Waals surface area contributed by atoms with Crippen molar-refractivity contribution in [2.75, 3.05) is 19.0 Å². The fraction of sp³-hybridized carbons (Fsp3) is 0.125. The van der Waals surface area contributed by atoms with Gasteiger partial charge in [-0.15, -0.1) is 11.3 Å². The van der Waals surface area contributed by atoms with E-state index in [0.717, 1.165) is 22.0 Å². The van der Waals surface area contributed by atoms with Crippen LogP contribution in [0, 0.1) is 0 Å². The number of hydrogen-bond acceptors (Lipinski definition) is 3. The number of nitrogens with zero attached hydrogens (tertiary/aromatic N) is 3. The minimum Gasteiger partial charge on any atom is -0.378 e. The Hall–Kier alpha value is -2.49. The average Bonchev–Trinajstić information content (AvgIpc) is 2.83. The summed E-state index contributed by atoms with van der Waals surface area (Å²) in [4.78, 5) is 16.6. The van der Waals surface area contributed by atoms with Gasteiger partial charge in [-0.05, 0) is 18.2 Å². The molecule has 1 aromatic heterocycles. The van der Waals surface area contributed by atoms with Gasteiger partial charge in [-0.3, -0.25) is 4.79 Å². The second kappa shape index (κ2) is 5.13. The molecular formula is C16H13N3OS. The van der Waals surface area contributed by atoms with Crippen LogP contribution in [0.4, 0.5) is 5.69 Å². The lowest BCUT2D eigenvalue weighted by Crippen LogP contribution is -2.07. The van der Waals surface area contributed by atoms with Crippen molar-refractivity contribution in [2.24, 2.45) is 0 Å². The van der Waals surface area contributed by atoms with E-state index < -0.39 is 0 Å². The highest BCUT2D eigenvalue weighted by Crippen LogP contribution is 2.36. The second-order valence-corrected chi connectivity index (χ2v) is 6.08. The number of benzene rings is 2. The van der Waals surface area contributed by atoms with Crippen molar-refractivity contribution < 1.29 is 9.58 Å². The summed E-state index contributed by atoms with van der Waals surface area (Å²) >= 11 is 1.66. The minimum atomic E-state index is -0.300. The SMILES string of the molecule is CN(C)c1ccc2c(c1)sc1cc(C(=O)C=[N+]=[N-])ccc12. The lowest BCUT2D eigenvalue weighted by Gasteiger charge is -2.11. The highest BCUT2D eigenvalue weighted by atomic mass is 32.1. The van der Waals surface area contributed by atoms with Gasteiger partial charge >= 0.3 is 6.21 Å². The Morgan fingerprint density at radius 1 is 1.14 bits per heavy atom. The summed E-state index contributed by atoms with van der Waals surface area (Å²) in [5, 5.41) is 2.33. The monoisotopic (exact) mass is 295 g/mol.